The summed E-state index contributed by atoms with van der Waals surface area (Å²) in [5, 5.41) is 18.6. The Morgan fingerprint density at radius 1 is 1.05 bits per heavy atom. The summed E-state index contributed by atoms with van der Waals surface area (Å²) < 4.78 is 0. The number of hydrogen-bond donors (Lipinski definition) is 2. The summed E-state index contributed by atoms with van der Waals surface area (Å²) in [6, 6.07) is -0.864. The highest BCUT2D eigenvalue weighted by Gasteiger charge is 2.34. The molecule has 0 aromatic heterocycles. The number of likely N-dealkylation sites (tertiary alicyclic amines) is 2. The third-order valence-corrected chi connectivity index (χ3v) is 4.33. The predicted octanol–water partition coefficient (Wildman–Crippen LogP) is 1.14. The number of rotatable bonds is 2. The monoisotopic (exact) mass is 284 g/mol. The lowest BCUT2D eigenvalue weighted by atomic mass is 9.99. The zero-order chi connectivity index (χ0) is 14.5. The first-order valence-electron chi connectivity index (χ1n) is 7.52. The molecule has 2 amide bonds. The van der Waals surface area contributed by atoms with Crippen molar-refractivity contribution in [2.24, 2.45) is 5.92 Å². The van der Waals surface area contributed by atoms with Gasteiger partial charge in [0, 0.05) is 26.2 Å². The molecule has 2 heterocycles. The lowest BCUT2D eigenvalue weighted by Crippen LogP contribution is -2.53. The minimum atomic E-state index is -0.907. The number of amides is 2. The van der Waals surface area contributed by atoms with E-state index in [2.05, 4.69) is 0 Å². The number of piperidine rings is 1. The quantitative estimate of drug-likeness (QED) is 0.797. The molecule has 2 atom stereocenters. The smallest absolute Gasteiger partial charge is 0.326 e. The fourth-order valence-corrected chi connectivity index (χ4v) is 3.16. The highest BCUT2D eigenvalue weighted by Crippen LogP contribution is 2.22. The summed E-state index contributed by atoms with van der Waals surface area (Å²) in [6.45, 7) is 1.82. The van der Waals surface area contributed by atoms with Crippen molar-refractivity contribution in [3.05, 3.63) is 0 Å². The Balaban J connectivity index is 2.06. The highest BCUT2D eigenvalue weighted by molar-refractivity contribution is 5.82. The number of carboxylic acids is 1. The standard InChI is InChI=1S/C14H24N2O4/c17-10-11-5-4-7-15(9-11)14(20)16-8-3-1-2-6-12(16)13(18)19/h11-12,17H,1-10H2,(H,18,19). The van der Waals surface area contributed by atoms with Crippen LogP contribution in [0.25, 0.3) is 0 Å². The molecular weight excluding hydrogens is 260 g/mol. The molecule has 2 unspecified atom stereocenters. The average Bonchev–Trinajstić information content (AvgIpc) is 2.72. The van der Waals surface area contributed by atoms with Gasteiger partial charge >= 0.3 is 12.0 Å². The molecule has 2 aliphatic rings. The second kappa shape index (κ2) is 6.92. The number of aliphatic hydroxyl groups is 1. The van der Waals surface area contributed by atoms with Crippen LogP contribution in [0, 0.1) is 5.92 Å². The van der Waals surface area contributed by atoms with Gasteiger partial charge in [-0.15, -0.1) is 0 Å². The van der Waals surface area contributed by atoms with Gasteiger partial charge in [-0.3, -0.25) is 0 Å². The zero-order valence-electron chi connectivity index (χ0n) is 11.8. The molecule has 2 fully saturated rings. The molecule has 0 aromatic rings. The van der Waals surface area contributed by atoms with E-state index in [9.17, 15) is 19.8 Å². The van der Waals surface area contributed by atoms with Crippen molar-refractivity contribution in [2.45, 2.75) is 44.6 Å². The Morgan fingerprint density at radius 3 is 2.55 bits per heavy atom. The van der Waals surface area contributed by atoms with E-state index in [-0.39, 0.29) is 18.6 Å². The summed E-state index contributed by atoms with van der Waals surface area (Å²) >= 11 is 0. The van der Waals surface area contributed by atoms with Gasteiger partial charge in [0.05, 0.1) is 0 Å². The molecule has 0 aliphatic carbocycles. The summed E-state index contributed by atoms with van der Waals surface area (Å²) in [5.74, 6) is -0.779. The van der Waals surface area contributed by atoms with E-state index in [0.29, 0.717) is 26.1 Å². The minimum absolute atomic E-state index is 0.0894. The van der Waals surface area contributed by atoms with Gasteiger partial charge in [-0.05, 0) is 31.6 Å². The summed E-state index contributed by atoms with van der Waals surface area (Å²) in [7, 11) is 0. The van der Waals surface area contributed by atoms with Crippen LogP contribution in [0.1, 0.15) is 38.5 Å². The van der Waals surface area contributed by atoms with E-state index in [1.807, 2.05) is 0 Å². The molecular formula is C14H24N2O4. The Kier molecular flexibility index (Phi) is 5.23. The van der Waals surface area contributed by atoms with E-state index < -0.39 is 12.0 Å². The Labute approximate surface area is 119 Å². The van der Waals surface area contributed by atoms with Crippen LogP contribution in [0.15, 0.2) is 0 Å². The van der Waals surface area contributed by atoms with Gasteiger partial charge in [0.2, 0.25) is 0 Å². The van der Waals surface area contributed by atoms with Crippen LogP contribution in [0.5, 0.6) is 0 Å². The number of carbonyl (C=O) groups is 2. The molecule has 6 nitrogen and oxygen atoms in total. The van der Waals surface area contributed by atoms with E-state index in [0.717, 1.165) is 32.1 Å². The first kappa shape index (κ1) is 15.1. The number of aliphatic hydroxyl groups excluding tert-OH is 1. The van der Waals surface area contributed by atoms with Crippen molar-refractivity contribution in [3.63, 3.8) is 0 Å². The number of nitrogens with zero attached hydrogens (tertiary/aromatic N) is 2. The number of carbonyl (C=O) groups excluding carboxylic acids is 1. The van der Waals surface area contributed by atoms with Crippen LogP contribution in [0.2, 0.25) is 0 Å². The van der Waals surface area contributed by atoms with Crippen molar-refractivity contribution in [2.75, 3.05) is 26.2 Å². The largest absolute Gasteiger partial charge is 0.480 e. The van der Waals surface area contributed by atoms with Gasteiger partial charge < -0.3 is 20.0 Å². The van der Waals surface area contributed by atoms with Gasteiger partial charge in [-0.25, -0.2) is 9.59 Å². The zero-order valence-corrected chi connectivity index (χ0v) is 11.8. The Hall–Kier alpha value is -1.30. The highest BCUT2D eigenvalue weighted by atomic mass is 16.4. The second-order valence-electron chi connectivity index (χ2n) is 5.82. The summed E-state index contributed by atoms with van der Waals surface area (Å²) in [5.41, 5.74) is 0. The first-order chi connectivity index (χ1) is 9.63. The molecule has 0 aromatic carbocycles. The van der Waals surface area contributed by atoms with Gasteiger partial charge in [0.25, 0.3) is 0 Å². The van der Waals surface area contributed by atoms with E-state index in [1.54, 1.807) is 4.90 Å². The fourth-order valence-electron chi connectivity index (χ4n) is 3.16. The molecule has 114 valence electrons. The molecule has 0 bridgehead atoms. The summed E-state index contributed by atoms with van der Waals surface area (Å²) in [4.78, 5) is 27.2. The lowest BCUT2D eigenvalue weighted by molar-refractivity contribution is -0.142. The number of aliphatic carboxylic acids is 1. The molecule has 20 heavy (non-hydrogen) atoms. The van der Waals surface area contributed by atoms with Crippen LogP contribution in [-0.2, 0) is 4.79 Å². The molecule has 2 saturated heterocycles. The predicted molar refractivity (Wildman–Crippen MR) is 73.4 cm³/mol. The van der Waals surface area contributed by atoms with Crippen molar-refractivity contribution in [3.8, 4) is 0 Å². The van der Waals surface area contributed by atoms with Crippen LogP contribution < -0.4 is 0 Å². The molecule has 2 aliphatic heterocycles. The number of urea groups is 1. The van der Waals surface area contributed by atoms with Gasteiger partial charge in [0.15, 0.2) is 0 Å². The van der Waals surface area contributed by atoms with Gasteiger partial charge in [-0.2, -0.15) is 0 Å². The fraction of sp³-hybridized carbons (Fsp3) is 0.857. The minimum Gasteiger partial charge on any atom is -0.480 e. The van der Waals surface area contributed by atoms with E-state index in [4.69, 9.17) is 0 Å². The Bertz CT molecular complexity index is 361. The third-order valence-electron chi connectivity index (χ3n) is 4.33. The average molecular weight is 284 g/mol. The van der Waals surface area contributed by atoms with Crippen molar-refractivity contribution in [1.82, 2.24) is 9.80 Å². The normalized spacial score (nSPS) is 28.1. The Morgan fingerprint density at radius 2 is 1.85 bits per heavy atom. The third kappa shape index (κ3) is 3.42. The van der Waals surface area contributed by atoms with E-state index in [1.165, 1.54) is 4.90 Å². The first-order valence-corrected chi connectivity index (χ1v) is 7.52. The van der Waals surface area contributed by atoms with Crippen LogP contribution in [0.4, 0.5) is 4.79 Å². The maximum Gasteiger partial charge on any atom is 0.326 e. The van der Waals surface area contributed by atoms with Crippen LogP contribution >= 0.6 is 0 Å². The molecule has 0 spiro atoms. The van der Waals surface area contributed by atoms with Crippen molar-refractivity contribution in [1.29, 1.82) is 0 Å². The molecule has 0 radical (unpaired) electrons. The van der Waals surface area contributed by atoms with Crippen LogP contribution in [-0.4, -0.2) is 64.3 Å². The van der Waals surface area contributed by atoms with Crippen molar-refractivity contribution >= 4 is 12.0 Å². The van der Waals surface area contributed by atoms with Crippen molar-refractivity contribution < 1.29 is 19.8 Å². The SMILES string of the molecule is O=C(O)C1CCCCCN1C(=O)N1CCCC(CO)C1. The number of hydrogen-bond acceptors (Lipinski definition) is 3. The van der Waals surface area contributed by atoms with E-state index >= 15 is 0 Å². The van der Waals surface area contributed by atoms with Gasteiger partial charge in [0.1, 0.15) is 6.04 Å². The van der Waals surface area contributed by atoms with Crippen LogP contribution in [0.3, 0.4) is 0 Å². The molecule has 2 N–H and O–H groups in total. The maximum atomic E-state index is 12.6. The molecule has 0 saturated carbocycles. The summed E-state index contributed by atoms with van der Waals surface area (Å²) in [6.07, 6.45) is 5.06. The topological polar surface area (TPSA) is 81.1 Å². The molecule has 2 rings (SSSR count). The maximum absolute atomic E-state index is 12.6. The molecule has 6 heteroatoms. The number of carboxylic acid groups (broad SMARTS) is 1. The second-order valence-corrected chi connectivity index (χ2v) is 5.82. The van der Waals surface area contributed by atoms with Gasteiger partial charge in [-0.1, -0.05) is 12.8 Å². The lowest BCUT2D eigenvalue weighted by Gasteiger charge is -2.37.